The fourth-order valence-corrected chi connectivity index (χ4v) is 2.34. The van der Waals surface area contributed by atoms with Crippen molar-refractivity contribution in [3.63, 3.8) is 0 Å². The molecule has 0 aliphatic carbocycles. The van der Waals surface area contributed by atoms with Gasteiger partial charge in [0.25, 0.3) is 0 Å². The molecule has 3 nitrogen and oxygen atoms in total. The molecule has 0 unspecified atom stereocenters. The summed E-state index contributed by atoms with van der Waals surface area (Å²) in [5, 5.41) is 5.51. The number of methoxy groups -OCH3 is 1. The van der Waals surface area contributed by atoms with Crippen LogP contribution in [-0.2, 0) is 13.0 Å². The van der Waals surface area contributed by atoms with E-state index in [9.17, 15) is 0 Å². The minimum Gasteiger partial charge on any atom is -0.481 e. The number of nitrogens with zero attached hydrogens (tertiary/aromatic N) is 1. The third kappa shape index (κ3) is 3.54. The largest absolute Gasteiger partial charge is 0.481 e. The first kappa shape index (κ1) is 12.1. The Labute approximate surface area is 105 Å². The van der Waals surface area contributed by atoms with E-state index in [1.165, 1.54) is 4.88 Å². The van der Waals surface area contributed by atoms with Crippen LogP contribution in [0.2, 0.25) is 0 Å². The molecule has 0 bridgehead atoms. The van der Waals surface area contributed by atoms with Crippen LogP contribution in [0, 0.1) is 0 Å². The maximum absolute atomic E-state index is 5.20. The molecule has 0 spiro atoms. The zero-order valence-electron chi connectivity index (χ0n) is 9.85. The molecule has 4 heteroatoms. The SMILES string of the molecule is COc1ncccc1CNCCc1cccs1. The van der Waals surface area contributed by atoms with E-state index in [0.29, 0.717) is 5.88 Å². The van der Waals surface area contributed by atoms with Crippen molar-refractivity contribution in [1.82, 2.24) is 10.3 Å². The molecule has 2 aromatic heterocycles. The summed E-state index contributed by atoms with van der Waals surface area (Å²) in [5.74, 6) is 0.705. The predicted molar refractivity (Wildman–Crippen MR) is 70.5 cm³/mol. The second-order valence-corrected chi connectivity index (χ2v) is 4.71. The summed E-state index contributed by atoms with van der Waals surface area (Å²) in [5.41, 5.74) is 1.10. The van der Waals surface area contributed by atoms with Crippen molar-refractivity contribution < 1.29 is 4.74 Å². The van der Waals surface area contributed by atoms with Gasteiger partial charge in [0.2, 0.25) is 5.88 Å². The van der Waals surface area contributed by atoms with Crippen LogP contribution in [0.3, 0.4) is 0 Å². The lowest BCUT2D eigenvalue weighted by molar-refractivity contribution is 0.390. The third-order valence-electron chi connectivity index (χ3n) is 2.49. The number of thiophene rings is 1. The van der Waals surface area contributed by atoms with E-state index in [4.69, 9.17) is 4.74 Å². The van der Waals surface area contributed by atoms with E-state index >= 15 is 0 Å². The van der Waals surface area contributed by atoms with Gasteiger partial charge in [0.15, 0.2) is 0 Å². The van der Waals surface area contributed by atoms with Crippen LogP contribution < -0.4 is 10.1 Å². The quantitative estimate of drug-likeness (QED) is 0.797. The molecule has 17 heavy (non-hydrogen) atoms. The Bertz CT molecular complexity index is 442. The molecule has 0 saturated heterocycles. The summed E-state index contributed by atoms with van der Waals surface area (Å²) in [6.45, 7) is 1.76. The molecule has 0 atom stereocenters. The normalized spacial score (nSPS) is 10.4. The van der Waals surface area contributed by atoms with Crippen LogP contribution in [0.4, 0.5) is 0 Å². The second kappa shape index (κ2) is 6.37. The Morgan fingerprint density at radius 3 is 3.06 bits per heavy atom. The van der Waals surface area contributed by atoms with Crippen LogP contribution in [0.15, 0.2) is 35.8 Å². The summed E-state index contributed by atoms with van der Waals surface area (Å²) in [6, 6.07) is 8.21. The molecular weight excluding hydrogens is 232 g/mol. The van der Waals surface area contributed by atoms with E-state index in [-0.39, 0.29) is 0 Å². The summed E-state index contributed by atoms with van der Waals surface area (Å²) in [7, 11) is 1.65. The first-order valence-electron chi connectivity index (χ1n) is 5.61. The molecule has 90 valence electrons. The Hall–Kier alpha value is -1.39. The third-order valence-corrected chi connectivity index (χ3v) is 3.42. The fourth-order valence-electron chi connectivity index (χ4n) is 1.63. The van der Waals surface area contributed by atoms with Gasteiger partial charge >= 0.3 is 0 Å². The lowest BCUT2D eigenvalue weighted by Gasteiger charge is -2.07. The van der Waals surface area contributed by atoms with E-state index in [1.54, 1.807) is 24.6 Å². The van der Waals surface area contributed by atoms with Gasteiger partial charge in [-0.1, -0.05) is 12.1 Å². The molecule has 0 aliphatic heterocycles. The first-order chi connectivity index (χ1) is 8.40. The van der Waals surface area contributed by atoms with Gasteiger partial charge in [-0.15, -0.1) is 11.3 Å². The average molecular weight is 248 g/mol. The zero-order valence-corrected chi connectivity index (χ0v) is 10.7. The van der Waals surface area contributed by atoms with Crippen LogP contribution in [0.5, 0.6) is 5.88 Å². The minimum atomic E-state index is 0.705. The monoisotopic (exact) mass is 248 g/mol. The Balaban J connectivity index is 1.78. The van der Waals surface area contributed by atoms with Crippen molar-refractivity contribution >= 4 is 11.3 Å². The van der Waals surface area contributed by atoms with Gasteiger partial charge < -0.3 is 10.1 Å². The molecular formula is C13H16N2OS. The lowest BCUT2D eigenvalue weighted by atomic mass is 10.2. The molecule has 2 aromatic rings. The van der Waals surface area contributed by atoms with Gasteiger partial charge in [-0.3, -0.25) is 0 Å². The predicted octanol–water partition coefficient (Wildman–Crippen LogP) is 2.48. The number of rotatable bonds is 6. The van der Waals surface area contributed by atoms with E-state index in [2.05, 4.69) is 27.8 Å². The molecule has 0 fully saturated rings. The standard InChI is InChI=1S/C13H16N2OS/c1-16-13-11(4-2-7-15-13)10-14-8-6-12-5-3-9-17-12/h2-5,7,9,14H,6,8,10H2,1H3. The highest BCUT2D eigenvalue weighted by atomic mass is 32.1. The molecule has 1 N–H and O–H groups in total. The van der Waals surface area contributed by atoms with Gasteiger partial charge in [-0.05, 0) is 23.9 Å². The fraction of sp³-hybridized carbons (Fsp3) is 0.308. The summed E-state index contributed by atoms with van der Waals surface area (Å²) >= 11 is 1.80. The Morgan fingerprint density at radius 1 is 1.35 bits per heavy atom. The second-order valence-electron chi connectivity index (χ2n) is 3.68. The van der Waals surface area contributed by atoms with E-state index in [1.807, 2.05) is 12.1 Å². The zero-order chi connectivity index (χ0) is 11.9. The lowest BCUT2D eigenvalue weighted by Crippen LogP contribution is -2.17. The van der Waals surface area contributed by atoms with Crippen molar-refractivity contribution in [3.8, 4) is 5.88 Å². The van der Waals surface area contributed by atoms with Crippen LogP contribution in [-0.4, -0.2) is 18.6 Å². The Kier molecular flexibility index (Phi) is 4.53. The highest BCUT2D eigenvalue weighted by molar-refractivity contribution is 7.09. The van der Waals surface area contributed by atoms with Crippen molar-refractivity contribution in [2.45, 2.75) is 13.0 Å². The highest BCUT2D eigenvalue weighted by Gasteiger charge is 2.02. The first-order valence-corrected chi connectivity index (χ1v) is 6.49. The summed E-state index contributed by atoms with van der Waals surface area (Å²) in [4.78, 5) is 5.58. The van der Waals surface area contributed by atoms with Crippen molar-refractivity contribution in [1.29, 1.82) is 0 Å². The van der Waals surface area contributed by atoms with Gasteiger partial charge in [0, 0.05) is 29.7 Å². The van der Waals surface area contributed by atoms with Gasteiger partial charge in [0.1, 0.15) is 0 Å². The van der Waals surface area contributed by atoms with Crippen molar-refractivity contribution in [2.75, 3.05) is 13.7 Å². The van der Waals surface area contributed by atoms with Crippen LogP contribution in [0.1, 0.15) is 10.4 Å². The van der Waals surface area contributed by atoms with E-state index < -0.39 is 0 Å². The minimum absolute atomic E-state index is 0.705. The van der Waals surface area contributed by atoms with Crippen molar-refractivity contribution in [2.24, 2.45) is 0 Å². The summed E-state index contributed by atoms with van der Waals surface area (Å²) in [6.07, 6.45) is 2.81. The van der Waals surface area contributed by atoms with E-state index in [0.717, 1.165) is 25.1 Å². The number of hydrogen-bond acceptors (Lipinski definition) is 4. The summed E-state index contributed by atoms with van der Waals surface area (Å²) < 4.78 is 5.20. The highest BCUT2D eigenvalue weighted by Crippen LogP contribution is 2.13. The molecule has 2 rings (SSSR count). The maximum atomic E-state index is 5.20. The smallest absolute Gasteiger partial charge is 0.217 e. The van der Waals surface area contributed by atoms with Crippen LogP contribution >= 0.6 is 11.3 Å². The number of pyridine rings is 1. The number of nitrogens with one attached hydrogen (secondary N) is 1. The Morgan fingerprint density at radius 2 is 2.29 bits per heavy atom. The molecule has 0 aromatic carbocycles. The molecule has 0 amide bonds. The molecule has 0 saturated carbocycles. The number of ether oxygens (including phenoxy) is 1. The molecule has 0 radical (unpaired) electrons. The molecule has 0 aliphatic rings. The number of hydrogen-bond donors (Lipinski definition) is 1. The topological polar surface area (TPSA) is 34.1 Å². The van der Waals surface area contributed by atoms with Gasteiger partial charge in [0.05, 0.1) is 7.11 Å². The van der Waals surface area contributed by atoms with Gasteiger partial charge in [-0.25, -0.2) is 4.98 Å². The maximum Gasteiger partial charge on any atom is 0.217 e. The van der Waals surface area contributed by atoms with Crippen molar-refractivity contribution in [3.05, 3.63) is 46.3 Å². The number of aromatic nitrogens is 1. The van der Waals surface area contributed by atoms with Crippen LogP contribution in [0.25, 0.3) is 0 Å². The average Bonchev–Trinajstić information content (AvgIpc) is 2.88. The molecule has 2 heterocycles. The van der Waals surface area contributed by atoms with Gasteiger partial charge in [-0.2, -0.15) is 0 Å².